The van der Waals surface area contributed by atoms with Crippen molar-refractivity contribution in [3.05, 3.63) is 78.2 Å². The largest absolute Gasteiger partial charge is 0.491 e. The minimum Gasteiger partial charge on any atom is -0.491 e. The number of likely N-dealkylation sites (tertiary alicyclic amines) is 1. The van der Waals surface area contributed by atoms with Gasteiger partial charge in [0.15, 0.2) is 0 Å². The van der Waals surface area contributed by atoms with E-state index < -0.39 is 0 Å². The van der Waals surface area contributed by atoms with E-state index in [1.165, 1.54) is 12.8 Å². The first-order chi connectivity index (χ1) is 22.1. The van der Waals surface area contributed by atoms with Crippen molar-refractivity contribution in [1.29, 1.82) is 5.26 Å². The molecule has 45 heavy (non-hydrogen) atoms. The van der Waals surface area contributed by atoms with E-state index in [4.69, 9.17) is 9.72 Å². The van der Waals surface area contributed by atoms with Gasteiger partial charge in [0.2, 0.25) is 5.91 Å². The highest BCUT2D eigenvalue weighted by Crippen LogP contribution is 2.37. The predicted octanol–water partition coefficient (Wildman–Crippen LogP) is 3.36. The highest BCUT2D eigenvalue weighted by atomic mass is 16.5. The summed E-state index contributed by atoms with van der Waals surface area (Å²) in [5.74, 6) is 1.84. The molecule has 1 aromatic carbocycles. The molecule has 5 aliphatic heterocycles. The number of carbonyl (C=O) groups is 1. The molecular weight excluding hydrogens is 564 g/mol. The Morgan fingerprint density at radius 2 is 1.98 bits per heavy atom. The van der Waals surface area contributed by atoms with Gasteiger partial charge in [0.25, 0.3) is 0 Å². The number of rotatable bonds is 8. The van der Waals surface area contributed by atoms with Gasteiger partial charge in [-0.1, -0.05) is 30.3 Å². The lowest BCUT2D eigenvalue weighted by molar-refractivity contribution is -0.145. The van der Waals surface area contributed by atoms with Crippen molar-refractivity contribution in [1.82, 2.24) is 29.7 Å². The lowest BCUT2D eigenvalue weighted by atomic mass is 9.86. The first-order valence-electron chi connectivity index (χ1n) is 16.1. The molecule has 4 aromatic rings. The van der Waals surface area contributed by atoms with Crippen LogP contribution in [-0.4, -0.2) is 94.8 Å². The average molecular weight is 603 g/mol. The molecule has 10 heteroatoms. The van der Waals surface area contributed by atoms with Crippen LogP contribution in [-0.2, 0) is 11.2 Å². The van der Waals surface area contributed by atoms with Crippen LogP contribution in [0.5, 0.6) is 5.75 Å². The number of amides is 1. The van der Waals surface area contributed by atoms with E-state index in [-0.39, 0.29) is 18.0 Å². The van der Waals surface area contributed by atoms with E-state index in [0.717, 1.165) is 86.0 Å². The zero-order valence-electron chi connectivity index (χ0n) is 25.4. The Labute approximate surface area is 263 Å². The number of piperidine rings is 1. The van der Waals surface area contributed by atoms with Crippen molar-refractivity contribution in [3.8, 4) is 22.9 Å². The van der Waals surface area contributed by atoms with E-state index in [0.29, 0.717) is 24.0 Å². The number of fused-ring (bicyclic) bond motifs is 3. The number of hydrogen-bond donors (Lipinski definition) is 1. The van der Waals surface area contributed by atoms with E-state index >= 15 is 0 Å². The molecule has 9 rings (SSSR count). The fourth-order valence-corrected chi connectivity index (χ4v) is 7.93. The highest BCUT2D eigenvalue weighted by Gasteiger charge is 2.47. The summed E-state index contributed by atoms with van der Waals surface area (Å²) in [7, 11) is 0. The highest BCUT2D eigenvalue weighted by molar-refractivity contribution is 5.85. The van der Waals surface area contributed by atoms with Crippen molar-refractivity contribution in [2.45, 2.75) is 37.8 Å². The Bertz CT molecular complexity index is 1730. The number of aromatic nitrogens is 3. The van der Waals surface area contributed by atoms with Crippen molar-refractivity contribution in [3.63, 3.8) is 0 Å². The van der Waals surface area contributed by atoms with Crippen LogP contribution in [0.15, 0.2) is 67.1 Å². The molecule has 230 valence electrons. The smallest absolute Gasteiger partial charge is 0.227 e. The molecule has 10 nitrogen and oxygen atoms in total. The number of piperazine rings is 1. The standard InChI is InChI=1S/C35H38N8O2/c36-17-27-19-39-42-22-30(45-13-12-40-11-9-35(24-40)8-10-37-23-35)16-31(34(27)42)26-6-7-32(38-18-26)41-20-28-15-29(21-41)43(28)33(44)14-25-4-2-1-3-5-25/h1-7,16,18-19,22,28-29,37H,8-15,20-21,23-24H2. The van der Waals surface area contributed by atoms with E-state index in [9.17, 15) is 10.1 Å². The molecule has 3 aromatic heterocycles. The van der Waals surface area contributed by atoms with Gasteiger partial charge < -0.3 is 19.9 Å². The molecule has 0 saturated carbocycles. The molecule has 1 N–H and O–H groups in total. The molecular formula is C35H38N8O2. The zero-order chi connectivity index (χ0) is 30.4. The van der Waals surface area contributed by atoms with Crippen molar-refractivity contribution in [2.24, 2.45) is 5.41 Å². The number of nitrogens with zero attached hydrogens (tertiary/aromatic N) is 7. The number of nitrogens with one attached hydrogen (secondary N) is 1. The SMILES string of the molecule is N#Cc1cnn2cc(OCCN3CCC4(CCNC4)C3)cc(-c3ccc(N4CC5CC(C4)N5C(=O)Cc4ccccc4)nc3)c12. The number of carbonyl (C=O) groups excluding carboxylic acids is 1. The van der Waals surface area contributed by atoms with Crippen LogP contribution in [0.25, 0.3) is 16.6 Å². The molecule has 5 fully saturated rings. The summed E-state index contributed by atoms with van der Waals surface area (Å²) in [6.07, 6.45) is 9.37. The van der Waals surface area contributed by atoms with Crippen LogP contribution < -0.4 is 15.0 Å². The molecule has 3 unspecified atom stereocenters. The third kappa shape index (κ3) is 5.30. The zero-order valence-corrected chi connectivity index (χ0v) is 25.4. The number of ether oxygens (including phenoxy) is 1. The summed E-state index contributed by atoms with van der Waals surface area (Å²) in [4.78, 5) is 24.8. The number of pyridine rings is 2. The van der Waals surface area contributed by atoms with Crippen LogP contribution in [0.1, 0.15) is 30.4 Å². The Kier molecular flexibility index (Phi) is 7.15. The van der Waals surface area contributed by atoms with Gasteiger partial charge in [-0.15, -0.1) is 0 Å². The third-order valence-corrected chi connectivity index (χ3v) is 10.3. The Morgan fingerprint density at radius 3 is 2.73 bits per heavy atom. The number of anilines is 1. The quantitative estimate of drug-likeness (QED) is 0.328. The molecule has 0 aliphatic carbocycles. The fourth-order valence-electron chi connectivity index (χ4n) is 7.93. The van der Waals surface area contributed by atoms with Crippen molar-refractivity contribution < 1.29 is 9.53 Å². The average Bonchev–Trinajstić information content (AvgIpc) is 3.81. The van der Waals surface area contributed by atoms with Crippen LogP contribution in [0.2, 0.25) is 0 Å². The van der Waals surface area contributed by atoms with Gasteiger partial charge >= 0.3 is 0 Å². The Balaban J connectivity index is 0.949. The van der Waals surface area contributed by atoms with Crippen LogP contribution in [0.4, 0.5) is 5.82 Å². The topological polar surface area (TPSA) is 102 Å². The number of nitriles is 1. The maximum Gasteiger partial charge on any atom is 0.227 e. The lowest BCUT2D eigenvalue weighted by Gasteiger charge is -2.56. The van der Waals surface area contributed by atoms with Crippen molar-refractivity contribution in [2.75, 3.05) is 57.3 Å². The second-order valence-electron chi connectivity index (χ2n) is 13.2. The summed E-state index contributed by atoms with van der Waals surface area (Å²) in [6.45, 7) is 7.57. The van der Waals surface area contributed by atoms with Gasteiger partial charge in [-0.05, 0) is 61.5 Å². The molecule has 3 atom stereocenters. The first kappa shape index (κ1) is 28.0. The molecule has 1 amide bonds. The molecule has 5 saturated heterocycles. The summed E-state index contributed by atoms with van der Waals surface area (Å²) in [5.41, 5.74) is 4.55. The first-order valence-corrected chi connectivity index (χ1v) is 16.1. The van der Waals surface area contributed by atoms with Gasteiger partial charge in [-0.3, -0.25) is 9.69 Å². The summed E-state index contributed by atoms with van der Waals surface area (Å²) in [5, 5.41) is 17.8. The molecule has 1 spiro atoms. The summed E-state index contributed by atoms with van der Waals surface area (Å²) < 4.78 is 8.01. The predicted molar refractivity (Wildman–Crippen MR) is 171 cm³/mol. The summed E-state index contributed by atoms with van der Waals surface area (Å²) >= 11 is 0. The van der Waals surface area contributed by atoms with Crippen molar-refractivity contribution >= 4 is 17.2 Å². The van der Waals surface area contributed by atoms with E-state index in [1.54, 1.807) is 10.7 Å². The maximum absolute atomic E-state index is 13.1. The minimum atomic E-state index is 0.209. The molecule has 5 aliphatic rings. The Morgan fingerprint density at radius 1 is 1.11 bits per heavy atom. The van der Waals surface area contributed by atoms with Crippen LogP contribution in [0.3, 0.4) is 0 Å². The van der Waals surface area contributed by atoms with Gasteiger partial charge in [0.05, 0.1) is 42.0 Å². The van der Waals surface area contributed by atoms with Gasteiger partial charge in [0, 0.05) is 50.0 Å². The monoisotopic (exact) mass is 602 g/mol. The second kappa shape index (κ2) is 11.5. The minimum absolute atomic E-state index is 0.209. The maximum atomic E-state index is 13.1. The van der Waals surface area contributed by atoms with Gasteiger partial charge in [-0.25, -0.2) is 9.50 Å². The number of hydrogen-bond acceptors (Lipinski definition) is 8. The van der Waals surface area contributed by atoms with Crippen LogP contribution >= 0.6 is 0 Å². The lowest BCUT2D eigenvalue weighted by Crippen LogP contribution is -2.70. The third-order valence-electron chi connectivity index (χ3n) is 10.3. The molecule has 8 heterocycles. The van der Waals surface area contributed by atoms with Gasteiger partial charge in [-0.2, -0.15) is 10.4 Å². The van der Waals surface area contributed by atoms with Gasteiger partial charge in [0.1, 0.15) is 24.2 Å². The summed E-state index contributed by atoms with van der Waals surface area (Å²) in [6, 6.07) is 18.8. The van der Waals surface area contributed by atoms with E-state index in [1.807, 2.05) is 54.9 Å². The molecule has 2 bridgehead atoms. The molecule has 0 radical (unpaired) electrons. The Hall–Kier alpha value is -4.46. The fraction of sp³-hybridized carbons (Fsp3) is 0.429. The van der Waals surface area contributed by atoms with Crippen LogP contribution in [0, 0.1) is 16.7 Å². The van der Waals surface area contributed by atoms with E-state index in [2.05, 4.69) is 37.3 Å². The normalized spacial score (nSPS) is 24.2. The number of benzene rings is 1. The second-order valence-corrected chi connectivity index (χ2v) is 13.2.